The second-order valence-electron chi connectivity index (χ2n) is 8.90. The molecule has 0 aromatic heterocycles. The highest BCUT2D eigenvalue weighted by atomic mass is 32.2. The van der Waals surface area contributed by atoms with Crippen molar-refractivity contribution in [2.75, 3.05) is 23.9 Å². The van der Waals surface area contributed by atoms with Crippen LogP contribution in [0.4, 0.5) is 0 Å². The maximum atomic E-state index is 10.6. The van der Waals surface area contributed by atoms with Gasteiger partial charge in [-0.15, -0.1) is 0 Å². The van der Waals surface area contributed by atoms with Crippen molar-refractivity contribution in [3.63, 3.8) is 0 Å². The largest absolute Gasteiger partial charge is 0.366 e. The van der Waals surface area contributed by atoms with Crippen LogP contribution < -0.4 is 0 Å². The highest BCUT2D eigenvalue weighted by molar-refractivity contribution is 8.00. The third kappa shape index (κ3) is 17.1. The fourth-order valence-corrected chi connectivity index (χ4v) is 7.28. The lowest BCUT2D eigenvalue weighted by Gasteiger charge is -2.27. The molecule has 1 N–H and O–H groups in total. The zero-order valence-electron chi connectivity index (χ0n) is 21.1. The van der Waals surface area contributed by atoms with Crippen LogP contribution in [0, 0.1) is 0 Å². The van der Waals surface area contributed by atoms with E-state index in [0.29, 0.717) is 17.8 Å². The van der Waals surface area contributed by atoms with Gasteiger partial charge >= 0.3 is 8.25 Å². The van der Waals surface area contributed by atoms with Gasteiger partial charge in [-0.3, -0.25) is 9.42 Å². The van der Waals surface area contributed by atoms with Crippen molar-refractivity contribution in [2.24, 2.45) is 0 Å². The van der Waals surface area contributed by atoms with Gasteiger partial charge in [0.15, 0.2) is 0 Å². The molecule has 0 aliphatic rings. The average molecular weight is 516 g/mol. The van der Waals surface area contributed by atoms with Crippen LogP contribution in [0.2, 0.25) is 0 Å². The Morgan fingerprint density at radius 2 is 1.48 bits per heavy atom. The Morgan fingerprint density at radius 3 is 2.09 bits per heavy atom. The topological polar surface area (TPSA) is 46.5 Å². The smallest absolute Gasteiger partial charge is 0.298 e. The molecule has 0 bridgehead atoms. The van der Waals surface area contributed by atoms with E-state index in [-0.39, 0.29) is 0 Å². The maximum absolute atomic E-state index is 10.6. The second-order valence-corrected chi connectivity index (χ2v) is 12.1. The molecule has 3 unspecified atom stereocenters. The quantitative estimate of drug-likeness (QED) is 0.116. The van der Waals surface area contributed by atoms with Crippen LogP contribution >= 0.6 is 31.8 Å². The normalized spacial score (nSPS) is 13.7. The lowest BCUT2D eigenvalue weighted by Crippen LogP contribution is -2.19. The Bertz CT molecular complexity index is 574. The van der Waals surface area contributed by atoms with Gasteiger partial charge in [0.1, 0.15) is 0 Å². The molecule has 0 aliphatic heterocycles. The molecule has 0 saturated carbocycles. The Kier molecular flexibility index (Phi) is 21.0. The first kappa shape index (κ1) is 31.0. The molecule has 1 rings (SSSR count). The summed E-state index contributed by atoms with van der Waals surface area (Å²) in [6.45, 7) is 4.95. The Balaban J connectivity index is 2.37. The van der Waals surface area contributed by atoms with Crippen molar-refractivity contribution in [2.45, 2.75) is 108 Å². The Hall–Kier alpha value is -0.0600. The van der Waals surface area contributed by atoms with Gasteiger partial charge in [0.2, 0.25) is 0 Å². The molecule has 0 aliphatic carbocycles. The van der Waals surface area contributed by atoms with E-state index in [9.17, 15) is 4.57 Å². The number of thioether (sulfide) groups is 2. The molecule has 33 heavy (non-hydrogen) atoms. The van der Waals surface area contributed by atoms with E-state index in [1.807, 2.05) is 11.8 Å². The molecular formula is C27H48O3PS2. The van der Waals surface area contributed by atoms with Crippen LogP contribution in [0.25, 0.3) is 0 Å². The summed E-state index contributed by atoms with van der Waals surface area (Å²) in [6, 6.07) is 11.0. The predicted molar refractivity (Wildman–Crippen MR) is 150 cm³/mol. The van der Waals surface area contributed by atoms with Crippen LogP contribution in [0.1, 0.15) is 109 Å². The minimum atomic E-state index is -2.47. The molecule has 0 saturated heterocycles. The number of hydrogen-bond donors (Lipinski definition) is 1. The monoisotopic (exact) mass is 515 g/mol. The summed E-state index contributed by atoms with van der Waals surface area (Å²) in [4.78, 5) is 8.76. The summed E-state index contributed by atoms with van der Waals surface area (Å²) < 4.78 is 15.4. The fourth-order valence-electron chi connectivity index (χ4n) is 4.14. The Labute approximate surface area is 213 Å². The molecule has 6 heteroatoms. The second kappa shape index (κ2) is 22.4. The lowest BCUT2D eigenvalue weighted by molar-refractivity contribution is 0.283. The molecule has 0 spiro atoms. The van der Waals surface area contributed by atoms with Crippen LogP contribution in [-0.2, 0) is 9.09 Å². The molecule has 1 aromatic carbocycles. The van der Waals surface area contributed by atoms with Crippen LogP contribution in [0.15, 0.2) is 30.3 Å². The van der Waals surface area contributed by atoms with Crippen molar-refractivity contribution in [3.8, 4) is 0 Å². The Morgan fingerprint density at radius 1 is 0.848 bits per heavy atom. The molecule has 3 atom stereocenters. The third-order valence-electron chi connectivity index (χ3n) is 6.01. The molecule has 1 radical (unpaired) electrons. The van der Waals surface area contributed by atoms with Gasteiger partial charge in [-0.25, -0.2) is 4.57 Å². The summed E-state index contributed by atoms with van der Waals surface area (Å²) in [5.41, 5.74) is 1.45. The van der Waals surface area contributed by atoms with Gasteiger partial charge in [-0.2, -0.15) is 23.5 Å². The van der Waals surface area contributed by atoms with E-state index < -0.39 is 8.25 Å². The van der Waals surface area contributed by atoms with E-state index in [1.165, 1.54) is 88.4 Å². The van der Waals surface area contributed by atoms with Crippen LogP contribution in [-0.4, -0.2) is 34.0 Å². The highest BCUT2D eigenvalue weighted by Gasteiger charge is 2.23. The molecule has 0 amide bonds. The first-order valence-electron chi connectivity index (χ1n) is 13.2. The molecule has 1 aromatic rings. The van der Waals surface area contributed by atoms with E-state index in [1.54, 1.807) is 0 Å². The minimum Gasteiger partial charge on any atom is -0.298 e. The standard InChI is InChI=1S/C27H48O3PS2/c1-3-5-6-7-8-9-10-11-12-16-23-33-27(18-4-2)26(25-19-14-13-15-20-25)24-32-22-17-21-30-31(28)29/h13-15,19-20,26-27H,3-12,16-18,21-24H2,1-2H3,(H,28,29). The summed E-state index contributed by atoms with van der Waals surface area (Å²) in [6.07, 6.45) is 17.2. The summed E-state index contributed by atoms with van der Waals surface area (Å²) in [7, 11) is -2.47. The predicted octanol–water partition coefficient (Wildman–Crippen LogP) is 9.38. The van der Waals surface area contributed by atoms with Crippen LogP contribution in [0.3, 0.4) is 0 Å². The fraction of sp³-hybridized carbons (Fsp3) is 0.778. The number of benzene rings is 1. The zero-order valence-corrected chi connectivity index (χ0v) is 23.6. The van der Waals surface area contributed by atoms with Crippen molar-refractivity contribution < 1.29 is 14.0 Å². The number of rotatable bonds is 23. The van der Waals surface area contributed by atoms with Crippen molar-refractivity contribution in [1.82, 2.24) is 0 Å². The SMILES string of the molecule is CCCCCCCCCCCCSC(CCC)C(CSCCCO[P](=O)O)c1ccccc1. The zero-order chi connectivity index (χ0) is 24.0. The van der Waals surface area contributed by atoms with Gasteiger partial charge in [0.25, 0.3) is 0 Å². The van der Waals surface area contributed by atoms with E-state index >= 15 is 0 Å². The summed E-state index contributed by atoms with van der Waals surface area (Å²) in [5.74, 6) is 3.89. The highest BCUT2D eigenvalue weighted by Crippen LogP contribution is 2.35. The van der Waals surface area contributed by atoms with Gasteiger partial charge in [-0.05, 0) is 36.3 Å². The van der Waals surface area contributed by atoms with Gasteiger partial charge in [0.05, 0.1) is 6.61 Å². The number of unbranched alkanes of at least 4 members (excludes halogenated alkanes) is 9. The molecule has 191 valence electrons. The lowest BCUT2D eigenvalue weighted by atomic mass is 9.95. The molecule has 0 fully saturated rings. The third-order valence-corrected chi connectivity index (χ3v) is 9.10. The molecule has 0 heterocycles. The first-order chi connectivity index (χ1) is 16.2. The van der Waals surface area contributed by atoms with Crippen molar-refractivity contribution in [1.29, 1.82) is 0 Å². The number of hydrogen-bond acceptors (Lipinski definition) is 4. The van der Waals surface area contributed by atoms with E-state index in [4.69, 9.17) is 9.42 Å². The first-order valence-corrected chi connectivity index (χ1v) is 16.6. The van der Waals surface area contributed by atoms with E-state index in [2.05, 4.69) is 55.9 Å². The van der Waals surface area contributed by atoms with Gasteiger partial charge < -0.3 is 0 Å². The van der Waals surface area contributed by atoms with E-state index in [0.717, 1.165) is 17.9 Å². The molecule has 3 nitrogen and oxygen atoms in total. The maximum Gasteiger partial charge on any atom is 0.366 e. The van der Waals surface area contributed by atoms with Crippen molar-refractivity contribution in [3.05, 3.63) is 35.9 Å². The van der Waals surface area contributed by atoms with Crippen LogP contribution in [0.5, 0.6) is 0 Å². The summed E-state index contributed by atoms with van der Waals surface area (Å²) >= 11 is 4.14. The van der Waals surface area contributed by atoms with Crippen molar-refractivity contribution >= 4 is 31.8 Å². The summed E-state index contributed by atoms with van der Waals surface area (Å²) in [5, 5.41) is 0.659. The van der Waals surface area contributed by atoms with Gasteiger partial charge in [0, 0.05) is 16.9 Å². The molecular weight excluding hydrogens is 467 g/mol. The van der Waals surface area contributed by atoms with Gasteiger partial charge in [-0.1, -0.05) is 108 Å². The average Bonchev–Trinajstić information content (AvgIpc) is 2.82. The minimum absolute atomic E-state index is 0.362.